The van der Waals surface area contributed by atoms with E-state index in [1.54, 1.807) is 6.07 Å². The molecule has 0 bridgehead atoms. The van der Waals surface area contributed by atoms with Gasteiger partial charge in [-0.15, -0.1) is 0 Å². The van der Waals surface area contributed by atoms with Crippen LogP contribution in [0.4, 0.5) is 10.1 Å². The molecule has 1 aliphatic rings. The van der Waals surface area contributed by atoms with Crippen molar-refractivity contribution in [2.75, 3.05) is 11.9 Å². The number of nitrogens with one attached hydrogen (secondary N) is 2. The molecule has 24 heavy (non-hydrogen) atoms. The van der Waals surface area contributed by atoms with Crippen LogP contribution in [0.25, 0.3) is 0 Å². The summed E-state index contributed by atoms with van der Waals surface area (Å²) in [6.07, 6.45) is 2.15. The van der Waals surface area contributed by atoms with Gasteiger partial charge in [0, 0.05) is 18.2 Å². The van der Waals surface area contributed by atoms with Crippen molar-refractivity contribution in [2.24, 2.45) is 0 Å². The minimum absolute atomic E-state index is 0.155. The van der Waals surface area contributed by atoms with E-state index in [4.69, 9.17) is 4.74 Å². The summed E-state index contributed by atoms with van der Waals surface area (Å²) in [5.74, 6) is 0.779. The zero-order valence-electron chi connectivity index (χ0n) is 14.3. The Morgan fingerprint density at radius 3 is 2.92 bits per heavy atom. The zero-order valence-corrected chi connectivity index (χ0v) is 14.3. The second kappa shape index (κ2) is 7.67. The highest BCUT2D eigenvalue weighted by Crippen LogP contribution is 2.31. The van der Waals surface area contributed by atoms with E-state index < -0.39 is 0 Å². The maximum Gasteiger partial charge on any atom is 0.142 e. The van der Waals surface area contributed by atoms with E-state index in [-0.39, 0.29) is 18.0 Å². The molecule has 3 rings (SSSR count). The third-order valence-corrected chi connectivity index (χ3v) is 4.45. The summed E-state index contributed by atoms with van der Waals surface area (Å²) in [5, 5.41) is 6.84. The summed E-state index contributed by atoms with van der Waals surface area (Å²) in [5.41, 5.74) is 3.02. The van der Waals surface area contributed by atoms with Gasteiger partial charge in [0.25, 0.3) is 0 Å². The van der Waals surface area contributed by atoms with Gasteiger partial charge in [-0.1, -0.05) is 31.2 Å². The first kappa shape index (κ1) is 16.8. The van der Waals surface area contributed by atoms with E-state index in [9.17, 15) is 4.39 Å². The largest absolute Gasteiger partial charge is 0.486 e. The van der Waals surface area contributed by atoms with Crippen LogP contribution < -0.4 is 15.4 Å². The highest BCUT2D eigenvalue weighted by atomic mass is 19.1. The number of rotatable bonds is 6. The summed E-state index contributed by atoms with van der Waals surface area (Å²) >= 11 is 0. The molecule has 3 nitrogen and oxygen atoms in total. The molecule has 0 saturated carbocycles. The fraction of sp³-hybridized carbons (Fsp3) is 0.400. The summed E-state index contributed by atoms with van der Waals surface area (Å²) in [6.45, 7) is 5.65. The minimum Gasteiger partial charge on any atom is -0.486 e. The number of hydrogen-bond donors (Lipinski definition) is 2. The lowest BCUT2D eigenvalue weighted by Gasteiger charge is -2.27. The predicted molar refractivity (Wildman–Crippen MR) is 96.0 cm³/mol. The van der Waals surface area contributed by atoms with Crippen molar-refractivity contribution < 1.29 is 9.13 Å². The van der Waals surface area contributed by atoms with Gasteiger partial charge in [0.05, 0.1) is 12.2 Å². The highest BCUT2D eigenvalue weighted by Gasteiger charge is 2.18. The van der Waals surface area contributed by atoms with E-state index >= 15 is 0 Å². The first-order valence-electron chi connectivity index (χ1n) is 8.66. The van der Waals surface area contributed by atoms with Gasteiger partial charge in [-0.3, -0.25) is 0 Å². The van der Waals surface area contributed by atoms with Crippen molar-refractivity contribution in [2.45, 2.75) is 45.4 Å². The van der Waals surface area contributed by atoms with Gasteiger partial charge in [-0.05, 0) is 43.5 Å². The molecular weight excluding hydrogens is 303 g/mol. The molecule has 2 aromatic rings. The van der Waals surface area contributed by atoms with Crippen LogP contribution in [0.3, 0.4) is 0 Å². The Balaban J connectivity index is 1.57. The Morgan fingerprint density at radius 1 is 1.29 bits per heavy atom. The van der Waals surface area contributed by atoms with Gasteiger partial charge in [0.2, 0.25) is 0 Å². The Hall–Kier alpha value is -2.07. The molecule has 0 fully saturated rings. The van der Waals surface area contributed by atoms with E-state index in [0.29, 0.717) is 12.1 Å². The Morgan fingerprint density at radius 2 is 2.12 bits per heavy atom. The molecule has 128 valence electrons. The first-order chi connectivity index (χ1) is 11.7. The Labute approximate surface area is 143 Å². The van der Waals surface area contributed by atoms with E-state index in [0.717, 1.165) is 30.8 Å². The minimum atomic E-state index is -0.155. The molecule has 2 unspecified atom stereocenters. The van der Waals surface area contributed by atoms with Gasteiger partial charge in [-0.2, -0.15) is 0 Å². The van der Waals surface area contributed by atoms with Gasteiger partial charge in [0.1, 0.15) is 17.7 Å². The average molecular weight is 328 g/mol. The molecule has 0 aromatic heterocycles. The molecule has 0 aliphatic carbocycles. The predicted octanol–water partition coefficient (Wildman–Crippen LogP) is 4.13. The summed E-state index contributed by atoms with van der Waals surface area (Å²) in [7, 11) is 0. The second-order valence-electron chi connectivity index (χ2n) is 6.44. The van der Waals surface area contributed by atoms with Gasteiger partial charge >= 0.3 is 0 Å². The normalized spacial score (nSPS) is 17.5. The third-order valence-electron chi connectivity index (χ3n) is 4.45. The SMILES string of the molecule is CCC1CNc2cc(CC(C)NCc3ccccc3F)ccc2O1. The second-order valence-corrected chi connectivity index (χ2v) is 6.44. The molecule has 1 heterocycles. The van der Waals surface area contributed by atoms with Crippen molar-refractivity contribution in [3.8, 4) is 5.75 Å². The number of anilines is 1. The van der Waals surface area contributed by atoms with Crippen molar-refractivity contribution in [3.05, 3.63) is 59.4 Å². The zero-order chi connectivity index (χ0) is 16.9. The molecule has 0 spiro atoms. The van der Waals surface area contributed by atoms with Gasteiger partial charge in [0.15, 0.2) is 0 Å². The van der Waals surface area contributed by atoms with Crippen molar-refractivity contribution in [1.29, 1.82) is 0 Å². The molecule has 4 heteroatoms. The standard InChI is InChI=1S/C20H25FN2O/c1-3-17-13-23-19-11-15(8-9-20(19)24-17)10-14(2)22-12-16-6-4-5-7-18(16)21/h4-9,11,14,17,22-23H,3,10,12-13H2,1-2H3. The number of ether oxygens (including phenoxy) is 1. The van der Waals surface area contributed by atoms with Crippen molar-refractivity contribution in [3.63, 3.8) is 0 Å². The molecule has 2 N–H and O–H groups in total. The average Bonchev–Trinajstić information content (AvgIpc) is 2.60. The first-order valence-corrected chi connectivity index (χ1v) is 8.66. The third kappa shape index (κ3) is 4.06. The van der Waals surface area contributed by atoms with Crippen LogP contribution in [0.15, 0.2) is 42.5 Å². The summed E-state index contributed by atoms with van der Waals surface area (Å²) < 4.78 is 19.6. The lowest BCUT2D eigenvalue weighted by Crippen LogP contribution is -2.30. The summed E-state index contributed by atoms with van der Waals surface area (Å²) in [4.78, 5) is 0. The summed E-state index contributed by atoms with van der Waals surface area (Å²) in [6, 6.07) is 13.5. The number of fused-ring (bicyclic) bond motifs is 1. The lowest BCUT2D eigenvalue weighted by molar-refractivity contribution is 0.202. The van der Waals surface area contributed by atoms with E-state index in [2.05, 4.69) is 36.6 Å². The smallest absolute Gasteiger partial charge is 0.142 e. The van der Waals surface area contributed by atoms with Crippen molar-refractivity contribution >= 4 is 5.69 Å². The molecule has 0 amide bonds. The fourth-order valence-electron chi connectivity index (χ4n) is 2.97. The van der Waals surface area contributed by atoms with Gasteiger partial charge in [-0.25, -0.2) is 4.39 Å². The molecule has 0 radical (unpaired) electrons. The fourth-order valence-corrected chi connectivity index (χ4v) is 2.97. The van der Waals surface area contributed by atoms with Crippen LogP contribution in [0, 0.1) is 5.82 Å². The Kier molecular flexibility index (Phi) is 5.36. The molecule has 1 aliphatic heterocycles. The quantitative estimate of drug-likeness (QED) is 0.836. The van der Waals surface area contributed by atoms with Gasteiger partial charge < -0.3 is 15.4 Å². The molecule has 0 saturated heterocycles. The monoisotopic (exact) mass is 328 g/mol. The van der Waals surface area contributed by atoms with E-state index in [1.807, 2.05) is 18.2 Å². The molecular formula is C20H25FN2O. The van der Waals surface area contributed by atoms with Crippen LogP contribution >= 0.6 is 0 Å². The number of halogens is 1. The topological polar surface area (TPSA) is 33.3 Å². The molecule has 2 atom stereocenters. The molecule has 2 aromatic carbocycles. The highest BCUT2D eigenvalue weighted by molar-refractivity contribution is 5.59. The Bertz CT molecular complexity index is 689. The lowest BCUT2D eigenvalue weighted by atomic mass is 10.0. The number of benzene rings is 2. The van der Waals surface area contributed by atoms with Crippen LogP contribution in [-0.4, -0.2) is 18.7 Å². The van der Waals surface area contributed by atoms with Crippen LogP contribution in [0.2, 0.25) is 0 Å². The van der Waals surface area contributed by atoms with Crippen LogP contribution in [0.5, 0.6) is 5.75 Å². The van der Waals surface area contributed by atoms with Crippen LogP contribution in [0.1, 0.15) is 31.4 Å². The maximum atomic E-state index is 13.7. The van der Waals surface area contributed by atoms with Crippen molar-refractivity contribution in [1.82, 2.24) is 5.32 Å². The van der Waals surface area contributed by atoms with Crippen LogP contribution in [-0.2, 0) is 13.0 Å². The number of hydrogen-bond acceptors (Lipinski definition) is 3. The maximum absolute atomic E-state index is 13.7. The van der Waals surface area contributed by atoms with E-state index in [1.165, 1.54) is 11.6 Å².